The first kappa shape index (κ1) is 22.9. The number of amides is 2. The molecule has 1 aliphatic heterocycles. The van der Waals surface area contributed by atoms with Crippen molar-refractivity contribution >= 4 is 35.3 Å². The summed E-state index contributed by atoms with van der Waals surface area (Å²) in [6, 6.07) is 23.6. The van der Waals surface area contributed by atoms with Crippen molar-refractivity contribution in [2.75, 3.05) is 11.4 Å². The van der Waals surface area contributed by atoms with Crippen LogP contribution < -0.4 is 10.2 Å². The van der Waals surface area contributed by atoms with Crippen molar-refractivity contribution in [2.24, 2.45) is 0 Å². The smallest absolute Gasteiger partial charge is 0.265 e. The minimum Gasteiger partial charge on any atom is -0.352 e. The number of fused-ring (bicyclic) bond motifs is 1. The summed E-state index contributed by atoms with van der Waals surface area (Å²) in [7, 11) is 0. The molecule has 0 atom stereocenters. The molecular weight excluding hydrogens is 428 g/mol. The van der Waals surface area contributed by atoms with Gasteiger partial charge in [-0.1, -0.05) is 73.6 Å². The van der Waals surface area contributed by atoms with Crippen molar-refractivity contribution in [2.45, 2.75) is 38.1 Å². The first-order valence-corrected chi connectivity index (χ1v) is 12.1. The first-order valence-electron chi connectivity index (χ1n) is 11.3. The van der Waals surface area contributed by atoms with Gasteiger partial charge < -0.3 is 10.2 Å². The number of hydrogen-bond acceptors (Lipinski definition) is 3. The highest BCUT2D eigenvalue weighted by Gasteiger charge is 2.29. The average Bonchev–Trinajstić information content (AvgIpc) is 2.83. The summed E-state index contributed by atoms with van der Waals surface area (Å²) in [5, 5.41) is 2.93. The van der Waals surface area contributed by atoms with E-state index in [1.54, 1.807) is 0 Å². The molecule has 168 valence electrons. The van der Waals surface area contributed by atoms with Crippen LogP contribution in [0.1, 0.15) is 46.8 Å². The number of nitrogens with zero attached hydrogens (tertiary/aromatic N) is 1. The molecule has 0 fully saturated rings. The molecule has 0 saturated heterocycles. The van der Waals surface area contributed by atoms with Crippen LogP contribution in [0, 0.1) is 6.92 Å². The van der Waals surface area contributed by atoms with Crippen LogP contribution >= 0.6 is 11.8 Å². The topological polar surface area (TPSA) is 49.4 Å². The molecule has 3 aromatic carbocycles. The number of aryl methyl sites for hydroxylation is 1. The van der Waals surface area contributed by atoms with Gasteiger partial charge in [0.05, 0.1) is 17.1 Å². The van der Waals surface area contributed by atoms with Crippen molar-refractivity contribution in [3.63, 3.8) is 0 Å². The van der Waals surface area contributed by atoms with Crippen LogP contribution in [0.15, 0.2) is 82.6 Å². The van der Waals surface area contributed by atoms with Gasteiger partial charge in [0.25, 0.3) is 11.8 Å². The maximum absolute atomic E-state index is 13.5. The molecule has 1 N–H and O–H groups in total. The fraction of sp³-hybridized carbons (Fsp3) is 0.214. The van der Waals surface area contributed by atoms with Crippen molar-refractivity contribution in [3.8, 4) is 0 Å². The zero-order chi connectivity index (χ0) is 23.2. The molecule has 4 nitrogen and oxygen atoms in total. The minimum absolute atomic E-state index is 0.0108. The van der Waals surface area contributed by atoms with Gasteiger partial charge in [-0.05, 0) is 60.4 Å². The van der Waals surface area contributed by atoms with Crippen LogP contribution in [0.5, 0.6) is 0 Å². The van der Waals surface area contributed by atoms with Gasteiger partial charge in [0.15, 0.2) is 0 Å². The van der Waals surface area contributed by atoms with Gasteiger partial charge in [0.1, 0.15) is 0 Å². The lowest BCUT2D eigenvalue weighted by atomic mass is 10.1. The van der Waals surface area contributed by atoms with E-state index < -0.39 is 0 Å². The molecule has 1 heterocycles. The van der Waals surface area contributed by atoms with Crippen LogP contribution in [0.25, 0.3) is 6.08 Å². The summed E-state index contributed by atoms with van der Waals surface area (Å²) in [6.07, 6.45) is 3.92. The van der Waals surface area contributed by atoms with E-state index in [-0.39, 0.29) is 11.8 Å². The number of hydrogen-bond donors (Lipinski definition) is 1. The lowest BCUT2D eigenvalue weighted by molar-refractivity contribution is -0.114. The highest BCUT2D eigenvalue weighted by atomic mass is 32.2. The number of anilines is 1. The van der Waals surface area contributed by atoms with Crippen LogP contribution in [0.4, 0.5) is 5.69 Å². The molecule has 0 radical (unpaired) electrons. The Kier molecular flexibility index (Phi) is 7.30. The molecule has 2 amide bonds. The van der Waals surface area contributed by atoms with E-state index in [2.05, 4.69) is 37.4 Å². The Balaban J connectivity index is 1.58. The number of nitrogens with one attached hydrogen (secondary N) is 1. The Bertz CT molecular complexity index is 1180. The Morgan fingerprint density at radius 1 is 1.00 bits per heavy atom. The van der Waals surface area contributed by atoms with E-state index in [1.165, 1.54) is 17.3 Å². The fourth-order valence-electron chi connectivity index (χ4n) is 3.74. The number of unbranched alkanes of at least 4 members (excludes halogenated alkanes) is 1. The van der Waals surface area contributed by atoms with Gasteiger partial charge in [0.2, 0.25) is 0 Å². The lowest BCUT2D eigenvalue weighted by Crippen LogP contribution is -2.33. The van der Waals surface area contributed by atoms with Crippen molar-refractivity contribution in [1.82, 2.24) is 5.32 Å². The second-order valence-electron chi connectivity index (χ2n) is 8.13. The van der Waals surface area contributed by atoms with Gasteiger partial charge in [0, 0.05) is 17.0 Å². The maximum Gasteiger partial charge on any atom is 0.265 e. The quantitative estimate of drug-likeness (QED) is 0.340. The Morgan fingerprint density at radius 2 is 1.73 bits per heavy atom. The maximum atomic E-state index is 13.5. The largest absolute Gasteiger partial charge is 0.352 e. The molecule has 0 unspecified atom stereocenters. The summed E-state index contributed by atoms with van der Waals surface area (Å²) in [6.45, 7) is 5.38. The normalized spacial score (nSPS) is 14.3. The Labute approximate surface area is 199 Å². The van der Waals surface area contributed by atoms with Crippen molar-refractivity contribution < 1.29 is 9.59 Å². The summed E-state index contributed by atoms with van der Waals surface area (Å²) in [5.74, 6) is -0.0764. The summed E-state index contributed by atoms with van der Waals surface area (Å²) < 4.78 is 0. The monoisotopic (exact) mass is 456 g/mol. The van der Waals surface area contributed by atoms with E-state index in [9.17, 15) is 9.59 Å². The average molecular weight is 457 g/mol. The minimum atomic E-state index is -0.0656. The van der Waals surface area contributed by atoms with E-state index >= 15 is 0 Å². The van der Waals surface area contributed by atoms with Crippen LogP contribution in [-0.2, 0) is 11.3 Å². The molecule has 0 saturated carbocycles. The molecule has 0 aliphatic carbocycles. The van der Waals surface area contributed by atoms with Crippen molar-refractivity contribution in [3.05, 3.63) is 100.0 Å². The molecular formula is C28H28N2O2S. The third-order valence-electron chi connectivity index (χ3n) is 5.71. The van der Waals surface area contributed by atoms with Gasteiger partial charge >= 0.3 is 0 Å². The number of thioether (sulfide) groups is 1. The molecule has 4 rings (SSSR count). The summed E-state index contributed by atoms with van der Waals surface area (Å²) >= 11 is 1.49. The van der Waals surface area contributed by atoms with Crippen LogP contribution in [0.3, 0.4) is 0 Å². The zero-order valence-corrected chi connectivity index (χ0v) is 19.8. The van der Waals surface area contributed by atoms with Gasteiger partial charge in [-0.25, -0.2) is 0 Å². The van der Waals surface area contributed by atoms with Crippen LogP contribution in [-0.4, -0.2) is 18.4 Å². The molecule has 5 heteroatoms. The zero-order valence-electron chi connectivity index (χ0n) is 19.0. The number of benzene rings is 3. The third kappa shape index (κ3) is 5.37. The predicted molar refractivity (Wildman–Crippen MR) is 136 cm³/mol. The van der Waals surface area contributed by atoms with Gasteiger partial charge in [-0.3, -0.25) is 9.59 Å². The Morgan fingerprint density at radius 3 is 2.48 bits per heavy atom. The number of carbonyl (C=O) groups excluding carboxylic acids is 2. The molecule has 0 bridgehead atoms. The molecule has 3 aromatic rings. The lowest BCUT2D eigenvalue weighted by Gasteiger charge is -2.31. The highest BCUT2D eigenvalue weighted by Crippen LogP contribution is 2.42. The second kappa shape index (κ2) is 10.5. The van der Waals surface area contributed by atoms with E-state index in [0.717, 1.165) is 34.6 Å². The van der Waals surface area contributed by atoms with Crippen molar-refractivity contribution in [1.29, 1.82) is 0 Å². The molecule has 1 aliphatic rings. The number of rotatable bonds is 7. The van der Waals surface area contributed by atoms with E-state index in [0.29, 0.717) is 23.6 Å². The second-order valence-corrected chi connectivity index (χ2v) is 9.21. The third-order valence-corrected chi connectivity index (χ3v) is 6.79. The Hall–Kier alpha value is -3.31. The molecule has 0 spiro atoms. The SMILES string of the molecule is CCCCNC(=O)c1ccc(/C=C2/Sc3ccccc3N(Cc3ccccc3C)C2=O)cc1. The first-order chi connectivity index (χ1) is 16.1. The highest BCUT2D eigenvalue weighted by molar-refractivity contribution is 8.04. The summed E-state index contributed by atoms with van der Waals surface area (Å²) in [4.78, 5) is 29.4. The van der Waals surface area contributed by atoms with E-state index in [1.807, 2.05) is 65.6 Å². The summed E-state index contributed by atoms with van der Waals surface area (Å²) in [5.41, 5.74) is 4.75. The van der Waals surface area contributed by atoms with Gasteiger partial charge in [-0.2, -0.15) is 0 Å². The van der Waals surface area contributed by atoms with Gasteiger partial charge in [-0.15, -0.1) is 0 Å². The van der Waals surface area contributed by atoms with Crippen LogP contribution in [0.2, 0.25) is 0 Å². The predicted octanol–water partition coefficient (Wildman–Crippen LogP) is 6.20. The van der Waals surface area contributed by atoms with E-state index in [4.69, 9.17) is 0 Å². The molecule has 33 heavy (non-hydrogen) atoms. The number of carbonyl (C=O) groups is 2. The fourth-order valence-corrected chi connectivity index (χ4v) is 4.80. The standard InChI is InChI=1S/C28H28N2O2S/c1-3-4-17-29-27(31)22-15-13-21(14-16-22)18-26-28(32)30(19-23-10-6-5-9-20(23)2)24-11-7-8-12-25(24)33-26/h5-16,18H,3-4,17,19H2,1-2H3,(H,29,31)/b26-18+. The number of para-hydroxylation sites is 1. The molecule has 0 aromatic heterocycles.